The van der Waals surface area contributed by atoms with Crippen molar-refractivity contribution in [2.75, 3.05) is 9.80 Å². The zero-order valence-corrected chi connectivity index (χ0v) is 70.1. The van der Waals surface area contributed by atoms with Gasteiger partial charge in [0, 0.05) is 105 Å². The number of benzene rings is 20. The van der Waals surface area contributed by atoms with Crippen LogP contribution in [0, 0.1) is 0 Å². The van der Waals surface area contributed by atoms with E-state index in [-0.39, 0.29) is 5.41 Å². The summed E-state index contributed by atoms with van der Waals surface area (Å²) >= 11 is 0. The third-order valence-electron chi connectivity index (χ3n) is 27.0. The molecule has 0 N–H and O–H groups in total. The number of rotatable bonds is 15. The fourth-order valence-electron chi connectivity index (χ4n) is 20.8. The Morgan fingerprint density at radius 3 is 0.835 bits per heavy atom. The van der Waals surface area contributed by atoms with E-state index in [4.69, 9.17) is 0 Å². The molecule has 25 rings (SSSR count). The van der Waals surface area contributed by atoms with Crippen molar-refractivity contribution in [2.45, 2.75) is 19.3 Å². The molecule has 4 heterocycles. The number of anilines is 6. The van der Waals surface area contributed by atoms with Gasteiger partial charge in [-0.2, -0.15) is 0 Å². The van der Waals surface area contributed by atoms with Crippen LogP contribution in [-0.2, 0) is 5.41 Å². The fourth-order valence-corrected chi connectivity index (χ4v) is 20.8. The van der Waals surface area contributed by atoms with Crippen LogP contribution in [0.5, 0.6) is 0 Å². The lowest BCUT2D eigenvalue weighted by Gasteiger charge is -2.28. The van der Waals surface area contributed by atoms with Crippen LogP contribution in [0.4, 0.5) is 34.1 Å². The third kappa shape index (κ3) is 12.0. The molecule has 1 aliphatic carbocycles. The number of hydrogen-bond acceptors (Lipinski definition) is 2. The SMILES string of the molecule is CC1(C)c2cc(-c3ccc4c(c3)c3ccccc3n4-c3ccccc3)ccc2-c2ccc(N(c3ccc(-c4ccc(-n5c6ccccc6c6ccccc65)cc4)cc3)c3ccc(-c4ccc5c(c4)c4ccccc4n5-c4ccc(-c5ccc(N(c6ccc(-c7ccc8c(c7)c7ccccc7n8-c7ccccc7)cc6)c6cccc7ccccc67)cc5)cc4)cc3)cc21. The molecule has 0 saturated heterocycles. The van der Waals surface area contributed by atoms with Gasteiger partial charge in [0.05, 0.1) is 49.8 Å². The normalized spacial score (nSPS) is 12.4. The lowest BCUT2D eigenvalue weighted by atomic mass is 9.81. The molecule has 6 heteroatoms. The van der Waals surface area contributed by atoms with E-state index in [9.17, 15) is 0 Å². The van der Waals surface area contributed by atoms with Gasteiger partial charge >= 0.3 is 0 Å². The van der Waals surface area contributed by atoms with Gasteiger partial charge in [-0.1, -0.05) is 287 Å². The van der Waals surface area contributed by atoms with Gasteiger partial charge in [0.15, 0.2) is 0 Å². The molecule has 6 nitrogen and oxygen atoms in total. The predicted octanol–water partition coefficient (Wildman–Crippen LogP) is 32.8. The van der Waals surface area contributed by atoms with Crippen LogP contribution in [0.15, 0.2) is 461 Å². The highest BCUT2D eigenvalue weighted by Gasteiger charge is 2.37. The predicted molar refractivity (Wildman–Crippen MR) is 535 cm³/mol. The van der Waals surface area contributed by atoms with Crippen molar-refractivity contribution in [3.63, 3.8) is 0 Å². The van der Waals surface area contributed by atoms with Gasteiger partial charge in [0.2, 0.25) is 0 Å². The van der Waals surface area contributed by atoms with E-state index in [1.165, 1.54) is 131 Å². The van der Waals surface area contributed by atoms with E-state index in [0.29, 0.717) is 0 Å². The van der Waals surface area contributed by atoms with E-state index in [0.717, 1.165) is 101 Å². The highest BCUT2D eigenvalue weighted by atomic mass is 15.2. The van der Waals surface area contributed by atoms with E-state index in [1.54, 1.807) is 0 Å². The quantitative estimate of drug-likeness (QED) is 0.102. The Hall–Kier alpha value is -16.5. The van der Waals surface area contributed by atoms with Crippen LogP contribution in [-0.4, -0.2) is 18.3 Å². The molecule has 0 amide bonds. The van der Waals surface area contributed by atoms with Crippen LogP contribution >= 0.6 is 0 Å². The largest absolute Gasteiger partial charge is 0.310 e. The summed E-state index contributed by atoms with van der Waals surface area (Å²) < 4.78 is 9.58. The average Bonchev–Trinajstić information content (AvgIpc) is 1.50. The lowest BCUT2D eigenvalue weighted by Crippen LogP contribution is -2.16. The number of hydrogen-bond donors (Lipinski definition) is 0. The van der Waals surface area contributed by atoms with E-state index < -0.39 is 0 Å². The van der Waals surface area contributed by atoms with Crippen molar-refractivity contribution in [3.8, 4) is 89.5 Å². The van der Waals surface area contributed by atoms with Crippen LogP contribution < -0.4 is 9.80 Å². The molecule has 0 radical (unpaired) electrons. The van der Waals surface area contributed by atoms with Crippen molar-refractivity contribution in [3.05, 3.63) is 472 Å². The summed E-state index contributed by atoms with van der Waals surface area (Å²) in [7, 11) is 0. The second kappa shape index (κ2) is 29.3. The molecule has 0 saturated carbocycles. The van der Waals surface area contributed by atoms with Crippen molar-refractivity contribution >= 4 is 132 Å². The number of fused-ring (bicyclic) bond motifs is 16. The molecule has 0 unspecified atom stereocenters. The smallest absolute Gasteiger partial charge is 0.0541 e. The fraction of sp³-hybridized carbons (Fsp3) is 0.0248. The molecule has 0 fully saturated rings. The Morgan fingerprint density at radius 2 is 0.433 bits per heavy atom. The summed E-state index contributed by atoms with van der Waals surface area (Å²) in [4.78, 5) is 4.85. The van der Waals surface area contributed by atoms with Crippen molar-refractivity contribution in [2.24, 2.45) is 0 Å². The second-order valence-electron chi connectivity index (χ2n) is 34.4. The molecule has 20 aromatic carbocycles. The van der Waals surface area contributed by atoms with Gasteiger partial charge in [0.25, 0.3) is 0 Å². The number of nitrogens with zero attached hydrogens (tertiary/aromatic N) is 6. The lowest BCUT2D eigenvalue weighted by molar-refractivity contribution is 0.660. The highest BCUT2D eigenvalue weighted by molar-refractivity contribution is 6.14. The third-order valence-corrected chi connectivity index (χ3v) is 27.0. The number of aromatic nitrogens is 4. The molecular weight excluding hydrogens is 1540 g/mol. The average molecular weight is 1620 g/mol. The minimum Gasteiger partial charge on any atom is -0.310 e. The number of para-hydroxylation sites is 7. The zero-order chi connectivity index (χ0) is 84.0. The van der Waals surface area contributed by atoms with Crippen LogP contribution in [0.2, 0.25) is 0 Å². The summed E-state index contributed by atoms with van der Waals surface area (Å²) in [5.41, 5.74) is 37.2. The monoisotopic (exact) mass is 1620 g/mol. The van der Waals surface area contributed by atoms with E-state index in [1.807, 2.05) is 0 Å². The van der Waals surface area contributed by atoms with Gasteiger partial charge in [-0.15, -0.1) is 0 Å². The Labute approximate surface area is 736 Å². The maximum absolute atomic E-state index is 2.46. The standard InChI is InChI=1S/C121H82N6/c1-121(2)110-77-89(88-55-73-119-109(76-88)106-33-14-19-37-116(106)125(119)91-26-7-4-8-27-91)52-69-100(110)101-70-68-98(78-111(101)121)122(92-56-40-79(41-57-92)81-44-64-96(65-45-81)126-113-34-16-11-29-102(113)103-30-12-17-35-114(103)126)93-58-48-83(49-59-93)86-54-72-120-108(75-86)105-32-15-20-38-117(105)127(120)97-66-46-82(47-67-97)80-42-60-94(61-43-80)123(112-39-21-23-85-22-9-10-28-99(85)112)95-62-50-84(51-63-95)87-53-71-118-107(74-87)104-31-13-18-36-115(104)124(118)90-24-5-3-6-25-90/h3-78H,1-2H3. The maximum atomic E-state index is 2.46. The van der Waals surface area contributed by atoms with E-state index >= 15 is 0 Å². The first-order valence-electron chi connectivity index (χ1n) is 43.9. The highest BCUT2D eigenvalue weighted by Crippen LogP contribution is 2.53. The molecule has 0 spiro atoms. The molecule has 1 aliphatic rings. The first-order chi connectivity index (χ1) is 62.7. The van der Waals surface area contributed by atoms with Gasteiger partial charge in [-0.25, -0.2) is 0 Å². The molecular formula is C121H82N6. The van der Waals surface area contributed by atoms with Gasteiger partial charge < -0.3 is 28.1 Å². The Kier molecular flexibility index (Phi) is 16.9. The Bertz CT molecular complexity index is 8420. The molecule has 0 bridgehead atoms. The van der Waals surface area contributed by atoms with Gasteiger partial charge in [-0.05, 0) is 271 Å². The summed E-state index contributed by atoms with van der Waals surface area (Å²) in [5, 5.41) is 12.3. The van der Waals surface area contributed by atoms with Gasteiger partial charge in [0.1, 0.15) is 0 Å². The van der Waals surface area contributed by atoms with Crippen LogP contribution in [0.3, 0.4) is 0 Å². The first-order valence-corrected chi connectivity index (χ1v) is 43.9. The summed E-state index contributed by atoms with van der Waals surface area (Å²) in [5.74, 6) is 0. The summed E-state index contributed by atoms with van der Waals surface area (Å²) in [6.45, 7) is 4.81. The Morgan fingerprint density at radius 1 is 0.173 bits per heavy atom. The maximum Gasteiger partial charge on any atom is 0.0541 e. The van der Waals surface area contributed by atoms with Crippen LogP contribution in [0.1, 0.15) is 25.0 Å². The minimum atomic E-state index is -0.303. The molecule has 4 aromatic heterocycles. The van der Waals surface area contributed by atoms with Gasteiger partial charge in [-0.3, -0.25) is 0 Å². The second-order valence-corrected chi connectivity index (χ2v) is 34.4. The van der Waals surface area contributed by atoms with Crippen molar-refractivity contribution < 1.29 is 0 Å². The minimum absolute atomic E-state index is 0.303. The molecule has 127 heavy (non-hydrogen) atoms. The Balaban J connectivity index is 0.522. The molecule has 24 aromatic rings. The summed E-state index contributed by atoms with van der Waals surface area (Å²) in [6, 6.07) is 171. The zero-order valence-electron chi connectivity index (χ0n) is 70.1. The summed E-state index contributed by atoms with van der Waals surface area (Å²) in [6.07, 6.45) is 0. The van der Waals surface area contributed by atoms with Crippen LogP contribution in [0.25, 0.3) is 188 Å². The molecule has 596 valence electrons. The van der Waals surface area contributed by atoms with E-state index in [2.05, 4.69) is 503 Å². The topological polar surface area (TPSA) is 26.2 Å². The first kappa shape index (κ1) is 73.2. The molecule has 0 aliphatic heterocycles. The molecule has 0 atom stereocenters. The van der Waals surface area contributed by atoms with Crippen molar-refractivity contribution in [1.82, 2.24) is 18.3 Å². The van der Waals surface area contributed by atoms with Crippen molar-refractivity contribution in [1.29, 1.82) is 0 Å².